The molecule has 2 aromatic carbocycles. The van der Waals surface area contributed by atoms with Gasteiger partial charge in [0.1, 0.15) is 0 Å². The van der Waals surface area contributed by atoms with Crippen LogP contribution in [0.15, 0.2) is 61.7 Å². The van der Waals surface area contributed by atoms with E-state index in [1.807, 2.05) is 37.3 Å². The summed E-state index contributed by atoms with van der Waals surface area (Å²) in [6, 6.07) is 16.3. The molecule has 1 amide bonds. The Labute approximate surface area is 143 Å². The van der Waals surface area contributed by atoms with Gasteiger partial charge in [0, 0.05) is 24.2 Å². The lowest BCUT2D eigenvalue weighted by Gasteiger charge is -2.14. The van der Waals surface area contributed by atoms with Gasteiger partial charge in [0.15, 0.2) is 0 Å². The van der Waals surface area contributed by atoms with Crippen LogP contribution in [0.2, 0.25) is 0 Å². The Morgan fingerprint density at radius 3 is 2.17 bits per heavy atom. The van der Waals surface area contributed by atoms with Gasteiger partial charge in [-0.05, 0) is 30.0 Å². The predicted molar refractivity (Wildman–Crippen MR) is 101 cm³/mol. The molecule has 0 aromatic heterocycles. The molecule has 0 spiro atoms. The lowest BCUT2D eigenvalue weighted by molar-refractivity contribution is -0.117. The summed E-state index contributed by atoms with van der Waals surface area (Å²) in [5.41, 5.74) is 11.5. The van der Waals surface area contributed by atoms with E-state index >= 15 is 0 Å². The van der Waals surface area contributed by atoms with Crippen molar-refractivity contribution < 1.29 is 4.79 Å². The number of amides is 1. The molecule has 0 heterocycles. The smallest absolute Gasteiger partial charge is 0.217 e. The van der Waals surface area contributed by atoms with Crippen molar-refractivity contribution in [3.63, 3.8) is 0 Å². The van der Waals surface area contributed by atoms with Gasteiger partial charge in [0.25, 0.3) is 0 Å². The van der Waals surface area contributed by atoms with Gasteiger partial charge in [0.2, 0.25) is 5.91 Å². The maximum absolute atomic E-state index is 10.8. The van der Waals surface area contributed by atoms with E-state index in [9.17, 15) is 4.79 Å². The van der Waals surface area contributed by atoms with Crippen molar-refractivity contribution in [2.24, 2.45) is 5.73 Å². The molecular weight excluding hydrogens is 296 g/mol. The van der Waals surface area contributed by atoms with Crippen molar-refractivity contribution in [3.8, 4) is 0 Å². The number of primary amides is 1. The molecule has 0 fully saturated rings. The number of nitrogens with two attached hydrogens (primary N) is 1. The van der Waals surface area contributed by atoms with Gasteiger partial charge in [-0.3, -0.25) is 4.79 Å². The Bertz CT molecular complexity index is 745. The molecule has 0 aliphatic carbocycles. The Morgan fingerprint density at radius 2 is 1.58 bits per heavy atom. The molecule has 3 nitrogen and oxygen atoms in total. The number of aryl methyl sites for hydroxylation is 1. The van der Waals surface area contributed by atoms with Crippen molar-refractivity contribution in [1.82, 2.24) is 5.32 Å². The summed E-state index contributed by atoms with van der Waals surface area (Å²) in [4.78, 5) is 10.8. The van der Waals surface area contributed by atoms with Gasteiger partial charge in [-0.2, -0.15) is 0 Å². The predicted octanol–water partition coefficient (Wildman–Crippen LogP) is 3.90. The van der Waals surface area contributed by atoms with Crippen LogP contribution in [0.3, 0.4) is 0 Å². The fraction of sp³-hybridized carbons (Fsp3) is 0.190. The van der Waals surface area contributed by atoms with E-state index in [-0.39, 0.29) is 5.91 Å². The van der Waals surface area contributed by atoms with Crippen LogP contribution < -0.4 is 11.1 Å². The average Bonchev–Trinajstić information content (AvgIpc) is 2.58. The maximum Gasteiger partial charge on any atom is 0.217 e. The molecular formula is C21H24N2O. The molecule has 2 aromatic rings. The zero-order valence-corrected chi connectivity index (χ0v) is 14.1. The van der Waals surface area contributed by atoms with Crippen LogP contribution in [0, 0.1) is 0 Å². The second-order valence-electron chi connectivity index (χ2n) is 5.94. The average molecular weight is 320 g/mol. The quantitative estimate of drug-likeness (QED) is 0.775. The van der Waals surface area contributed by atoms with E-state index < -0.39 is 0 Å². The largest absolute Gasteiger partial charge is 0.381 e. The Balaban J connectivity index is 1.97. The highest BCUT2D eigenvalue weighted by atomic mass is 16.1. The number of hydrogen-bond acceptors (Lipinski definition) is 2. The van der Waals surface area contributed by atoms with Crippen molar-refractivity contribution in [2.45, 2.75) is 26.3 Å². The van der Waals surface area contributed by atoms with Gasteiger partial charge >= 0.3 is 0 Å². The van der Waals surface area contributed by atoms with E-state index in [2.05, 4.69) is 36.7 Å². The van der Waals surface area contributed by atoms with Crippen LogP contribution in [-0.2, 0) is 17.8 Å². The molecule has 0 radical (unpaired) electrons. The third-order valence-electron chi connectivity index (χ3n) is 3.90. The molecule has 0 saturated carbocycles. The second-order valence-corrected chi connectivity index (χ2v) is 5.94. The number of allylic oxidation sites excluding steroid dienone is 1. The minimum atomic E-state index is -0.270. The zero-order valence-electron chi connectivity index (χ0n) is 14.1. The van der Waals surface area contributed by atoms with Crippen molar-refractivity contribution in [1.29, 1.82) is 0 Å². The van der Waals surface area contributed by atoms with Gasteiger partial charge in [-0.15, -0.1) is 0 Å². The highest BCUT2D eigenvalue weighted by molar-refractivity contribution is 5.76. The van der Waals surface area contributed by atoms with Gasteiger partial charge in [-0.1, -0.05) is 67.3 Å². The van der Waals surface area contributed by atoms with Crippen LogP contribution in [0.4, 0.5) is 0 Å². The summed E-state index contributed by atoms with van der Waals surface area (Å²) in [6.45, 7) is 10.9. The van der Waals surface area contributed by atoms with Gasteiger partial charge in [0.05, 0.1) is 0 Å². The van der Waals surface area contributed by atoms with Crippen molar-refractivity contribution in [3.05, 3.63) is 83.9 Å². The maximum atomic E-state index is 10.8. The van der Waals surface area contributed by atoms with E-state index in [1.165, 1.54) is 0 Å². The first-order valence-corrected chi connectivity index (χ1v) is 8.01. The third kappa shape index (κ3) is 4.85. The van der Waals surface area contributed by atoms with Crippen molar-refractivity contribution in [2.75, 3.05) is 0 Å². The van der Waals surface area contributed by atoms with Crippen LogP contribution in [0.25, 0.3) is 11.3 Å². The fourth-order valence-electron chi connectivity index (χ4n) is 2.51. The van der Waals surface area contributed by atoms with E-state index in [1.54, 1.807) is 0 Å². The summed E-state index contributed by atoms with van der Waals surface area (Å²) in [6.07, 6.45) is 1.06. The second kappa shape index (κ2) is 8.16. The molecule has 0 bridgehead atoms. The number of nitrogens with one attached hydrogen (secondary N) is 1. The first-order chi connectivity index (χ1) is 11.5. The fourth-order valence-corrected chi connectivity index (χ4v) is 2.51. The standard InChI is InChI=1S/C21H24N2O/c1-15(2)19-6-4-5-7-20(19)16(3)23-14-18-10-8-17(9-11-18)12-13-21(22)24/h4-11,23H,1,3,12-14H2,2H3,(H2,22,24). The Kier molecular flexibility index (Phi) is 5.96. The monoisotopic (exact) mass is 320 g/mol. The van der Waals surface area contributed by atoms with E-state index in [0.717, 1.165) is 33.5 Å². The van der Waals surface area contributed by atoms with Crippen LogP contribution in [0.5, 0.6) is 0 Å². The zero-order chi connectivity index (χ0) is 17.5. The molecule has 0 aliphatic rings. The van der Waals surface area contributed by atoms with Crippen LogP contribution >= 0.6 is 0 Å². The molecule has 0 atom stereocenters. The van der Waals surface area contributed by atoms with Crippen LogP contribution in [0.1, 0.15) is 35.6 Å². The number of rotatable bonds is 8. The SMILES string of the molecule is C=C(C)c1ccccc1C(=C)NCc1ccc(CCC(N)=O)cc1. The summed E-state index contributed by atoms with van der Waals surface area (Å²) in [5, 5.41) is 3.37. The summed E-state index contributed by atoms with van der Waals surface area (Å²) >= 11 is 0. The summed E-state index contributed by atoms with van der Waals surface area (Å²) < 4.78 is 0. The van der Waals surface area contributed by atoms with Crippen molar-refractivity contribution >= 4 is 17.2 Å². The van der Waals surface area contributed by atoms with Gasteiger partial charge < -0.3 is 11.1 Å². The van der Waals surface area contributed by atoms with E-state index in [0.29, 0.717) is 19.4 Å². The molecule has 2 rings (SSSR count). The number of hydrogen-bond donors (Lipinski definition) is 2. The molecule has 24 heavy (non-hydrogen) atoms. The number of benzene rings is 2. The van der Waals surface area contributed by atoms with Gasteiger partial charge in [-0.25, -0.2) is 0 Å². The molecule has 3 N–H and O–H groups in total. The first kappa shape index (κ1) is 17.5. The first-order valence-electron chi connectivity index (χ1n) is 8.01. The van der Waals surface area contributed by atoms with E-state index in [4.69, 9.17) is 5.73 Å². The summed E-state index contributed by atoms with van der Waals surface area (Å²) in [7, 11) is 0. The minimum absolute atomic E-state index is 0.270. The third-order valence-corrected chi connectivity index (χ3v) is 3.90. The number of carbonyl (C=O) groups excluding carboxylic acids is 1. The van der Waals surface area contributed by atoms with Crippen LogP contribution in [-0.4, -0.2) is 5.91 Å². The molecule has 0 saturated heterocycles. The molecule has 124 valence electrons. The molecule has 0 aliphatic heterocycles. The molecule has 3 heteroatoms. The minimum Gasteiger partial charge on any atom is -0.381 e. The summed E-state index contributed by atoms with van der Waals surface area (Å²) in [5.74, 6) is -0.270. The Morgan fingerprint density at radius 1 is 1.00 bits per heavy atom. The highest BCUT2D eigenvalue weighted by Crippen LogP contribution is 2.22. The lowest BCUT2D eigenvalue weighted by Crippen LogP contribution is -2.12. The Hall–Kier alpha value is -2.81. The highest BCUT2D eigenvalue weighted by Gasteiger charge is 2.06. The number of carbonyl (C=O) groups is 1. The topological polar surface area (TPSA) is 55.1 Å². The normalized spacial score (nSPS) is 10.2. The lowest BCUT2D eigenvalue weighted by atomic mass is 10.00. The molecule has 0 unspecified atom stereocenters.